The number of ether oxygens (including phenoxy) is 1. The van der Waals surface area contributed by atoms with Gasteiger partial charge in [0.1, 0.15) is 0 Å². The molecule has 0 aromatic heterocycles. The van der Waals surface area contributed by atoms with Crippen LogP contribution in [0.25, 0.3) is 0 Å². The lowest BCUT2D eigenvalue weighted by Gasteiger charge is -2.38. The molecule has 8 heteroatoms. The lowest BCUT2D eigenvalue weighted by Crippen LogP contribution is -2.51. The molecular formula is C17H31N3O4S. The fourth-order valence-corrected chi connectivity index (χ4v) is 6.06. The second-order valence-corrected chi connectivity index (χ2v) is 9.54. The van der Waals surface area contributed by atoms with E-state index < -0.39 is 10.2 Å². The Morgan fingerprint density at radius 3 is 2.40 bits per heavy atom. The maximum atomic E-state index is 12.9. The van der Waals surface area contributed by atoms with Crippen molar-refractivity contribution in [2.75, 3.05) is 53.0 Å². The molecule has 0 aromatic carbocycles. The van der Waals surface area contributed by atoms with Crippen molar-refractivity contribution in [2.24, 2.45) is 11.8 Å². The van der Waals surface area contributed by atoms with Crippen LogP contribution in [0.3, 0.4) is 0 Å². The van der Waals surface area contributed by atoms with Gasteiger partial charge in [0.2, 0.25) is 5.91 Å². The second kappa shape index (κ2) is 8.33. The van der Waals surface area contributed by atoms with Crippen molar-refractivity contribution < 1.29 is 17.9 Å². The molecule has 0 aliphatic carbocycles. The fourth-order valence-electron chi connectivity index (χ4n) is 4.30. The molecule has 0 aromatic rings. The summed E-state index contributed by atoms with van der Waals surface area (Å²) in [6, 6.07) is 0. The molecule has 3 aliphatic heterocycles. The van der Waals surface area contributed by atoms with E-state index in [2.05, 4.69) is 0 Å². The Bertz CT molecular complexity index is 558. The summed E-state index contributed by atoms with van der Waals surface area (Å²) in [5.74, 6) is 0.982. The molecule has 0 spiro atoms. The van der Waals surface area contributed by atoms with E-state index in [1.54, 1.807) is 15.7 Å². The van der Waals surface area contributed by atoms with Crippen molar-refractivity contribution in [2.45, 2.75) is 38.5 Å². The minimum Gasteiger partial charge on any atom is -0.384 e. The van der Waals surface area contributed by atoms with E-state index in [4.69, 9.17) is 4.74 Å². The number of hydrogen-bond donors (Lipinski definition) is 0. The molecule has 3 rings (SSSR count). The number of amides is 1. The maximum absolute atomic E-state index is 12.9. The van der Waals surface area contributed by atoms with E-state index in [1.807, 2.05) is 4.90 Å². The van der Waals surface area contributed by atoms with Crippen LogP contribution in [-0.2, 0) is 19.7 Å². The highest BCUT2D eigenvalue weighted by atomic mass is 32.2. The van der Waals surface area contributed by atoms with Crippen LogP contribution in [0.15, 0.2) is 0 Å². The molecular weight excluding hydrogens is 342 g/mol. The van der Waals surface area contributed by atoms with Crippen molar-refractivity contribution in [1.29, 1.82) is 0 Å². The molecule has 1 unspecified atom stereocenters. The summed E-state index contributed by atoms with van der Waals surface area (Å²) in [5.41, 5.74) is 0. The third-order valence-electron chi connectivity index (χ3n) is 5.76. The van der Waals surface area contributed by atoms with E-state index in [1.165, 1.54) is 0 Å². The molecule has 3 heterocycles. The van der Waals surface area contributed by atoms with Crippen LogP contribution in [0.4, 0.5) is 0 Å². The fraction of sp³-hybridized carbons (Fsp3) is 0.941. The van der Waals surface area contributed by atoms with Crippen LogP contribution in [0.5, 0.6) is 0 Å². The van der Waals surface area contributed by atoms with Crippen molar-refractivity contribution in [1.82, 2.24) is 13.5 Å². The molecule has 1 atom stereocenters. The van der Waals surface area contributed by atoms with Gasteiger partial charge in [0.15, 0.2) is 0 Å². The first-order chi connectivity index (χ1) is 12.0. The van der Waals surface area contributed by atoms with Crippen LogP contribution >= 0.6 is 0 Å². The van der Waals surface area contributed by atoms with Crippen molar-refractivity contribution in [3.63, 3.8) is 0 Å². The highest BCUT2D eigenvalue weighted by Crippen LogP contribution is 2.26. The Morgan fingerprint density at radius 2 is 1.76 bits per heavy atom. The van der Waals surface area contributed by atoms with Gasteiger partial charge in [-0.05, 0) is 43.9 Å². The summed E-state index contributed by atoms with van der Waals surface area (Å²) in [6.07, 6.45) is 5.26. The van der Waals surface area contributed by atoms with Gasteiger partial charge in [-0.2, -0.15) is 17.0 Å². The predicted octanol–water partition coefficient (Wildman–Crippen LogP) is 0.924. The van der Waals surface area contributed by atoms with Gasteiger partial charge < -0.3 is 9.64 Å². The van der Waals surface area contributed by atoms with Gasteiger partial charge in [-0.1, -0.05) is 0 Å². The van der Waals surface area contributed by atoms with Gasteiger partial charge >= 0.3 is 0 Å². The number of piperidine rings is 2. The van der Waals surface area contributed by atoms with E-state index in [9.17, 15) is 13.2 Å². The number of hydrogen-bond acceptors (Lipinski definition) is 4. The first kappa shape index (κ1) is 19.1. The average Bonchev–Trinajstić information content (AvgIpc) is 3.01. The average molecular weight is 374 g/mol. The summed E-state index contributed by atoms with van der Waals surface area (Å²) in [7, 11) is -1.70. The number of carbonyl (C=O) groups is 1. The normalized spacial score (nSPS) is 28.0. The molecule has 0 bridgehead atoms. The topological polar surface area (TPSA) is 70.2 Å². The molecule has 3 fully saturated rings. The summed E-state index contributed by atoms with van der Waals surface area (Å²) in [6.45, 7) is 4.61. The lowest BCUT2D eigenvalue weighted by molar-refractivity contribution is -0.128. The Balaban J connectivity index is 1.51. The summed E-state index contributed by atoms with van der Waals surface area (Å²) < 4.78 is 34.4. The van der Waals surface area contributed by atoms with Gasteiger partial charge in [0.05, 0.1) is 6.61 Å². The minimum absolute atomic E-state index is 0.257. The van der Waals surface area contributed by atoms with E-state index in [0.29, 0.717) is 51.0 Å². The van der Waals surface area contributed by atoms with Gasteiger partial charge in [-0.15, -0.1) is 0 Å². The molecule has 7 nitrogen and oxygen atoms in total. The smallest absolute Gasteiger partial charge is 0.281 e. The molecule has 0 N–H and O–H groups in total. The number of likely N-dealkylation sites (tertiary alicyclic amines) is 1. The Labute approximate surface area is 151 Å². The molecule has 3 saturated heterocycles. The summed E-state index contributed by atoms with van der Waals surface area (Å²) in [4.78, 5) is 13.7. The Morgan fingerprint density at radius 1 is 1.00 bits per heavy atom. The van der Waals surface area contributed by atoms with Crippen LogP contribution in [0.2, 0.25) is 0 Å². The largest absolute Gasteiger partial charge is 0.384 e. The second-order valence-electron chi connectivity index (χ2n) is 7.62. The highest BCUT2D eigenvalue weighted by molar-refractivity contribution is 7.86. The van der Waals surface area contributed by atoms with Crippen molar-refractivity contribution in [3.05, 3.63) is 0 Å². The van der Waals surface area contributed by atoms with Gasteiger partial charge in [0.25, 0.3) is 10.2 Å². The van der Waals surface area contributed by atoms with Crippen LogP contribution in [0, 0.1) is 11.8 Å². The molecule has 3 aliphatic rings. The third kappa shape index (κ3) is 4.53. The zero-order valence-corrected chi connectivity index (χ0v) is 16.0. The van der Waals surface area contributed by atoms with Crippen molar-refractivity contribution in [3.8, 4) is 0 Å². The molecule has 144 valence electrons. The van der Waals surface area contributed by atoms with E-state index in [0.717, 1.165) is 45.2 Å². The Hall–Kier alpha value is -0.700. The van der Waals surface area contributed by atoms with Crippen LogP contribution in [-0.4, -0.2) is 80.8 Å². The number of rotatable bonds is 6. The summed E-state index contributed by atoms with van der Waals surface area (Å²) in [5, 5.41) is 0. The zero-order valence-electron chi connectivity index (χ0n) is 15.2. The SMILES string of the molecule is COCC1CCCN(S(=O)(=O)N2CCC(CN3CCCC3=O)CC2)C1. The number of methoxy groups -OCH3 is 1. The molecule has 1 amide bonds. The molecule has 0 saturated carbocycles. The number of carbonyl (C=O) groups excluding carboxylic acids is 1. The standard InChI is InChI=1S/C17H31N3O4S/c1-24-14-16-4-2-9-20(13-16)25(22,23)19-10-6-15(7-11-19)12-18-8-3-5-17(18)21/h15-16H,2-14H2,1H3. The lowest BCUT2D eigenvalue weighted by atomic mass is 9.98. The maximum Gasteiger partial charge on any atom is 0.281 e. The molecule has 0 radical (unpaired) electrons. The van der Waals surface area contributed by atoms with Gasteiger partial charge in [-0.3, -0.25) is 4.79 Å². The summed E-state index contributed by atoms with van der Waals surface area (Å²) >= 11 is 0. The van der Waals surface area contributed by atoms with Crippen LogP contribution < -0.4 is 0 Å². The quantitative estimate of drug-likeness (QED) is 0.694. The van der Waals surface area contributed by atoms with Gasteiger partial charge in [-0.25, -0.2) is 0 Å². The Kier molecular flexibility index (Phi) is 6.35. The highest BCUT2D eigenvalue weighted by Gasteiger charge is 2.36. The monoisotopic (exact) mass is 373 g/mol. The number of nitrogens with zero attached hydrogens (tertiary/aromatic N) is 3. The third-order valence-corrected chi connectivity index (χ3v) is 7.76. The first-order valence-electron chi connectivity index (χ1n) is 9.52. The van der Waals surface area contributed by atoms with E-state index >= 15 is 0 Å². The predicted molar refractivity (Wildman–Crippen MR) is 95.2 cm³/mol. The van der Waals surface area contributed by atoms with Gasteiger partial charge in [0, 0.05) is 52.8 Å². The zero-order chi connectivity index (χ0) is 17.9. The van der Waals surface area contributed by atoms with E-state index in [-0.39, 0.29) is 5.91 Å². The van der Waals surface area contributed by atoms with Crippen LogP contribution in [0.1, 0.15) is 38.5 Å². The first-order valence-corrected chi connectivity index (χ1v) is 10.9. The minimum atomic E-state index is -3.37. The van der Waals surface area contributed by atoms with Crippen molar-refractivity contribution >= 4 is 16.1 Å². The molecule has 25 heavy (non-hydrogen) atoms.